The highest BCUT2D eigenvalue weighted by atomic mass is 79.9. The van der Waals surface area contributed by atoms with Crippen molar-refractivity contribution in [3.63, 3.8) is 0 Å². The molecule has 1 aromatic heterocycles. The third-order valence-corrected chi connectivity index (χ3v) is 3.59. The van der Waals surface area contributed by atoms with Crippen molar-refractivity contribution in [3.05, 3.63) is 51.8 Å². The Morgan fingerprint density at radius 2 is 2.09 bits per heavy atom. The maximum absolute atomic E-state index is 12.6. The molecule has 1 aromatic carbocycles. The topological polar surface area (TPSA) is 75.4 Å². The molecule has 0 fully saturated rings. The van der Waals surface area contributed by atoms with E-state index in [9.17, 15) is 9.59 Å². The summed E-state index contributed by atoms with van der Waals surface area (Å²) in [6.45, 7) is 1.64. The molecule has 1 amide bonds. The Hall–Kier alpha value is -2.15. The third kappa shape index (κ3) is 3.94. The zero-order valence-corrected chi connectivity index (χ0v) is 13.9. The van der Waals surface area contributed by atoms with Crippen LogP contribution in [-0.2, 0) is 18.4 Å². The predicted molar refractivity (Wildman–Crippen MR) is 84.5 cm³/mol. The lowest BCUT2D eigenvalue weighted by Gasteiger charge is -2.21. The number of benzene rings is 1. The van der Waals surface area contributed by atoms with Crippen molar-refractivity contribution < 1.29 is 14.7 Å². The van der Waals surface area contributed by atoms with Crippen molar-refractivity contribution in [3.8, 4) is 0 Å². The van der Waals surface area contributed by atoms with Gasteiger partial charge < -0.3 is 10.0 Å². The summed E-state index contributed by atoms with van der Waals surface area (Å²) in [5.41, 5.74) is 1.93. The average molecular weight is 366 g/mol. The molecule has 0 bridgehead atoms. The fourth-order valence-corrected chi connectivity index (χ4v) is 2.64. The molecule has 0 atom stereocenters. The zero-order valence-electron chi connectivity index (χ0n) is 12.3. The first kappa shape index (κ1) is 16.2. The van der Waals surface area contributed by atoms with Crippen molar-refractivity contribution in [1.82, 2.24) is 14.7 Å². The number of rotatable bonds is 5. The maximum atomic E-state index is 12.6. The van der Waals surface area contributed by atoms with Crippen LogP contribution in [0.4, 0.5) is 0 Å². The molecule has 0 saturated heterocycles. The molecule has 1 heterocycles. The van der Waals surface area contributed by atoms with Crippen LogP contribution < -0.4 is 0 Å². The van der Waals surface area contributed by atoms with E-state index in [4.69, 9.17) is 5.11 Å². The van der Waals surface area contributed by atoms with Crippen LogP contribution in [0, 0.1) is 6.92 Å². The standard InChI is InChI=1S/C15H16BrN3O3/c1-10-6-13(18(2)17-10)15(22)19(9-14(20)21)8-11-4-3-5-12(16)7-11/h3-7H,8-9H2,1-2H3,(H,20,21). The lowest BCUT2D eigenvalue weighted by Crippen LogP contribution is -2.36. The van der Waals surface area contributed by atoms with E-state index in [2.05, 4.69) is 21.0 Å². The summed E-state index contributed by atoms with van der Waals surface area (Å²) in [5, 5.41) is 13.2. The fourth-order valence-electron chi connectivity index (χ4n) is 2.19. The van der Waals surface area contributed by atoms with Gasteiger partial charge in [-0.15, -0.1) is 0 Å². The van der Waals surface area contributed by atoms with E-state index in [-0.39, 0.29) is 19.0 Å². The Bertz CT molecular complexity index is 712. The lowest BCUT2D eigenvalue weighted by molar-refractivity contribution is -0.137. The van der Waals surface area contributed by atoms with Crippen molar-refractivity contribution >= 4 is 27.8 Å². The molecule has 0 saturated carbocycles. The smallest absolute Gasteiger partial charge is 0.323 e. The van der Waals surface area contributed by atoms with Gasteiger partial charge in [0, 0.05) is 18.1 Å². The van der Waals surface area contributed by atoms with Crippen LogP contribution in [0.2, 0.25) is 0 Å². The zero-order chi connectivity index (χ0) is 16.3. The monoisotopic (exact) mass is 365 g/mol. The van der Waals surface area contributed by atoms with Gasteiger partial charge in [0.05, 0.1) is 5.69 Å². The molecule has 0 unspecified atom stereocenters. The van der Waals surface area contributed by atoms with Gasteiger partial charge in [0.2, 0.25) is 0 Å². The number of amides is 1. The summed E-state index contributed by atoms with van der Waals surface area (Å²) in [6.07, 6.45) is 0. The van der Waals surface area contributed by atoms with Gasteiger partial charge in [0.25, 0.3) is 5.91 Å². The molecule has 0 aliphatic rings. The van der Waals surface area contributed by atoms with E-state index in [1.54, 1.807) is 20.0 Å². The van der Waals surface area contributed by atoms with E-state index in [1.165, 1.54) is 9.58 Å². The van der Waals surface area contributed by atoms with Gasteiger partial charge in [0.1, 0.15) is 12.2 Å². The van der Waals surface area contributed by atoms with Crippen LogP contribution in [-0.4, -0.2) is 38.2 Å². The number of carboxylic acid groups (broad SMARTS) is 1. The van der Waals surface area contributed by atoms with Crippen LogP contribution >= 0.6 is 15.9 Å². The maximum Gasteiger partial charge on any atom is 0.323 e. The Morgan fingerprint density at radius 1 is 1.36 bits per heavy atom. The third-order valence-electron chi connectivity index (χ3n) is 3.10. The van der Waals surface area contributed by atoms with Crippen LogP contribution in [0.5, 0.6) is 0 Å². The largest absolute Gasteiger partial charge is 0.480 e. The van der Waals surface area contributed by atoms with Gasteiger partial charge in [-0.1, -0.05) is 28.1 Å². The summed E-state index contributed by atoms with van der Waals surface area (Å²) in [6, 6.07) is 9.07. The first-order chi connectivity index (χ1) is 10.4. The molecule has 116 valence electrons. The molecule has 22 heavy (non-hydrogen) atoms. The van der Waals surface area contributed by atoms with E-state index in [0.29, 0.717) is 11.4 Å². The summed E-state index contributed by atoms with van der Waals surface area (Å²) >= 11 is 3.37. The van der Waals surface area contributed by atoms with E-state index in [0.717, 1.165) is 10.0 Å². The summed E-state index contributed by atoms with van der Waals surface area (Å²) in [7, 11) is 1.66. The number of aliphatic carboxylic acids is 1. The minimum absolute atomic E-state index is 0.217. The molecular weight excluding hydrogens is 350 g/mol. The molecule has 0 aliphatic heterocycles. The normalized spacial score (nSPS) is 10.5. The molecule has 0 spiro atoms. The number of aryl methyl sites for hydroxylation is 2. The Morgan fingerprint density at radius 3 is 2.64 bits per heavy atom. The summed E-state index contributed by atoms with van der Waals surface area (Å²) < 4.78 is 2.34. The quantitative estimate of drug-likeness (QED) is 0.881. The fraction of sp³-hybridized carbons (Fsp3) is 0.267. The molecule has 2 rings (SSSR count). The lowest BCUT2D eigenvalue weighted by atomic mass is 10.2. The van der Waals surface area contributed by atoms with E-state index < -0.39 is 5.97 Å². The predicted octanol–water partition coefficient (Wildman–Crippen LogP) is 2.22. The van der Waals surface area contributed by atoms with Gasteiger partial charge in [-0.3, -0.25) is 14.3 Å². The van der Waals surface area contributed by atoms with E-state index >= 15 is 0 Å². The second-order valence-corrected chi connectivity index (χ2v) is 5.90. The molecule has 0 radical (unpaired) electrons. The number of carbonyl (C=O) groups is 2. The highest BCUT2D eigenvalue weighted by Crippen LogP contribution is 2.15. The second-order valence-electron chi connectivity index (χ2n) is 4.98. The molecule has 7 heteroatoms. The number of aromatic nitrogens is 2. The minimum atomic E-state index is -1.05. The number of halogens is 1. The van der Waals surface area contributed by atoms with E-state index in [1.807, 2.05) is 24.3 Å². The van der Waals surface area contributed by atoms with Crippen LogP contribution in [0.25, 0.3) is 0 Å². The van der Waals surface area contributed by atoms with Gasteiger partial charge >= 0.3 is 5.97 Å². The van der Waals surface area contributed by atoms with Crippen LogP contribution in [0.1, 0.15) is 21.7 Å². The summed E-state index contributed by atoms with van der Waals surface area (Å²) in [5.74, 6) is -1.41. The molecule has 6 nitrogen and oxygen atoms in total. The van der Waals surface area contributed by atoms with Crippen LogP contribution in [0.3, 0.4) is 0 Å². The van der Waals surface area contributed by atoms with Gasteiger partial charge in [0.15, 0.2) is 0 Å². The average Bonchev–Trinajstić information content (AvgIpc) is 2.75. The SMILES string of the molecule is Cc1cc(C(=O)N(CC(=O)O)Cc2cccc(Br)c2)n(C)n1. The molecular formula is C15H16BrN3O3. The number of hydrogen-bond donors (Lipinski definition) is 1. The first-order valence-electron chi connectivity index (χ1n) is 6.63. The highest BCUT2D eigenvalue weighted by Gasteiger charge is 2.22. The van der Waals surface area contributed by atoms with Gasteiger partial charge in [-0.25, -0.2) is 0 Å². The second kappa shape index (κ2) is 6.74. The Labute approximate surface area is 136 Å². The molecule has 0 aliphatic carbocycles. The van der Waals surface area contributed by atoms with Crippen molar-refractivity contribution in [2.24, 2.45) is 7.05 Å². The number of carbonyl (C=O) groups excluding carboxylic acids is 1. The first-order valence-corrected chi connectivity index (χ1v) is 7.42. The molecule has 1 N–H and O–H groups in total. The van der Waals surface area contributed by atoms with Gasteiger partial charge in [-0.05, 0) is 30.7 Å². The Balaban J connectivity index is 2.27. The number of carboxylic acids is 1. The highest BCUT2D eigenvalue weighted by molar-refractivity contribution is 9.10. The number of nitrogens with zero attached hydrogens (tertiary/aromatic N) is 3. The van der Waals surface area contributed by atoms with Crippen molar-refractivity contribution in [1.29, 1.82) is 0 Å². The van der Waals surface area contributed by atoms with Crippen molar-refractivity contribution in [2.45, 2.75) is 13.5 Å². The molecule has 2 aromatic rings. The Kier molecular flexibility index (Phi) is 4.97. The number of hydrogen-bond acceptors (Lipinski definition) is 3. The minimum Gasteiger partial charge on any atom is -0.480 e. The van der Waals surface area contributed by atoms with Crippen LogP contribution in [0.15, 0.2) is 34.8 Å². The van der Waals surface area contributed by atoms with Gasteiger partial charge in [-0.2, -0.15) is 5.10 Å². The summed E-state index contributed by atoms with van der Waals surface area (Å²) in [4.78, 5) is 25.0. The van der Waals surface area contributed by atoms with Crippen molar-refractivity contribution in [2.75, 3.05) is 6.54 Å².